The highest BCUT2D eigenvalue weighted by Crippen LogP contribution is 2.16. The van der Waals surface area contributed by atoms with Crippen LogP contribution >= 0.6 is 0 Å². The van der Waals surface area contributed by atoms with Crippen molar-refractivity contribution in [2.45, 2.75) is 52.1 Å². The van der Waals surface area contributed by atoms with Gasteiger partial charge in [0.15, 0.2) is 0 Å². The fraction of sp³-hybridized carbons (Fsp3) is 0.750. The summed E-state index contributed by atoms with van der Waals surface area (Å²) >= 11 is 0. The molecule has 2 heterocycles. The average molecular weight is 264 g/mol. The van der Waals surface area contributed by atoms with Crippen molar-refractivity contribution in [2.75, 3.05) is 19.6 Å². The maximum atomic E-state index is 5.48. The zero-order valence-electron chi connectivity index (χ0n) is 12.6. The second-order valence-corrected chi connectivity index (χ2v) is 5.93. The lowest BCUT2D eigenvalue weighted by Crippen LogP contribution is -2.45. The van der Waals surface area contributed by atoms with Gasteiger partial charge in [0.05, 0.1) is 6.26 Å². The summed E-state index contributed by atoms with van der Waals surface area (Å²) in [5.41, 5.74) is 0. The van der Waals surface area contributed by atoms with Crippen molar-refractivity contribution in [3.05, 3.63) is 24.2 Å². The van der Waals surface area contributed by atoms with Crippen LogP contribution in [-0.4, -0.2) is 36.6 Å². The van der Waals surface area contributed by atoms with Crippen molar-refractivity contribution in [3.63, 3.8) is 0 Å². The maximum absolute atomic E-state index is 5.48. The van der Waals surface area contributed by atoms with Gasteiger partial charge in [0, 0.05) is 25.0 Å². The van der Waals surface area contributed by atoms with Crippen LogP contribution in [0.4, 0.5) is 0 Å². The van der Waals surface area contributed by atoms with E-state index in [1.807, 2.05) is 6.07 Å². The fourth-order valence-electron chi connectivity index (χ4n) is 2.89. The fourth-order valence-corrected chi connectivity index (χ4v) is 2.89. The van der Waals surface area contributed by atoms with Crippen molar-refractivity contribution in [1.82, 2.24) is 10.2 Å². The summed E-state index contributed by atoms with van der Waals surface area (Å²) in [6, 6.07) is 5.25. The largest absolute Gasteiger partial charge is 0.469 e. The van der Waals surface area contributed by atoms with Crippen LogP contribution in [0, 0.1) is 5.92 Å². The van der Waals surface area contributed by atoms with E-state index in [0.29, 0.717) is 12.1 Å². The quantitative estimate of drug-likeness (QED) is 0.886. The molecule has 3 heteroatoms. The second-order valence-electron chi connectivity index (χ2n) is 5.93. The Bertz CT molecular complexity index is 350. The molecule has 3 unspecified atom stereocenters. The number of nitrogens with one attached hydrogen (secondary N) is 1. The molecule has 1 aromatic heterocycles. The standard InChI is InChI=1S/C16H28N2O/c1-4-13(2)16-12-18(9-6-8-17-16)14(3)11-15-7-5-10-19-15/h5,7,10,13-14,16-17H,4,6,8-9,11-12H2,1-3H3. The molecule has 108 valence electrons. The number of hydrogen-bond acceptors (Lipinski definition) is 3. The third kappa shape index (κ3) is 4.08. The van der Waals surface area contributed by atoms with Crippen LogP contribution in [0.15, 0.2) is 22.8 Å². The minimum atomic E-state index is 0.553. The molecule has 1 saturated heterocycles. The van der Waals surface area contributed by atoms with Gasteiger partial charge < -0.3 is 9.73 Å². The van der Waals surface area contributed by atoms with E-state index in [9.17, 15) is 0 Å². The SMILES string of the molecule is CCC(C)C1CN(C(C)Cc2ccco2)CCCN1. The molecule has 0 aromatic carbocycles. The Hall–Kier alpha value is -0.800. The van der Waals surface area contributed by atoms with Crippen LogP contribution in [0.25, 0.3) is 0 Å². The highest BCUT2D eigenvalue weighted by Gasteiger charge is 2.24. The van der Waals surface area contributed by atoms with Gasteiger partial charge in [0.2, 0.25) is 0 Å². The monoisotopic (exact) mass is 264 g/mol. The van der Waals surface area contributed by atoms with Crippen molar-refractivity contribution in [1.29, 1.82) is 0 Å². The Morgan fingerprint density at radius 3 is 3.00 bits per heavy atom. The number of rotatable bonds is 5. The predicted octanol–water partition coefficient (Wildman–Crippen LogP) is 2.92. The predicted molar refractivity (Wildman–Crippen MR) is 79.3 cm³/mol. The summed E-state index contributed by atoms with van der Waals surface area (Å²) in [5.74, 6) is 1.85. The third-order valence-electron chi connectivity index (χ3n) is 4.49. The lowest BCUT2D eigenvalue weighted by molar-refractivity contribution is 0.181. The Morgan fingerprint density at radius 2 is 2.32 bits per heavy atom. The molecule has 19 heavy (non-hydrogen) atoms. The summed E-state index contributed by atoms with van der Waals surface area (Å²) in [7, 11) is 0. The minimum Gasteiger partial charge on any atom is -0.469 e. The smallest absolute Gasteiger partial charge is 0.105 e. The molecule has 3 nitrogen and oxygen atoms in total. The Kier molecular flexibility index (Phi) is 5.46. The molecule has 0 amide bonds. The van der Waals surface area contributed by atoms with Crippen LogP contribution in [0.1, 0.15) is 39.4 Å². The highest BCUT2D eigenvalue weighted by atomic mass is 16.3. The van der Waals surface area contributed by atoms with E-state index in [1.54, 1.807) is 6.26 Å². The van der Waals surface area contributed by atoms with Crippen LogP contribution in [0.5, 0.6) is 0 Å². The zero-order chi connectivity index (χ0) is 13.7. The molecule has 0 saturated carbocycles. The lowest BCUT2D eigenvalue weighted by Gasteiger charge is -2.32. The first kappa shape index (κ1) is 14.6. The van der Waals surface area contributed by atoms with Gasteiger partial charge in [-0.2, -0.15) is 0 Å². The maximum Gasteiger partial charge on any atom is 0.105 e. The summed E-state index contributed by atoms with van der Waals surface area (Å²) in [5, 5.41) is 3.71. The van der Waals surface area contributed by atoms with Gasteiger partial charge in [-0.15, -0.1) is 0 Å². The Labute approximate surface area is 117 Å². The number of nitrogens with zero attached hydrogens (tertiary/aromatic N) is 1. The minimum absolute atomic E-state index is 0.553. The number of hydrogen-bond donors (Lipinski definition) is 1. The zero-order valence-corrected chi connectivity index (χ0v) is 12.6. The van der Waals surface area contributed by atoms with Crippen LogP contribution in [0.3, 0.4) is 0 Å². The van der Waals surface area contributed by atoms with Gasteiger partial charge in [0.1, 0.15) is 5.76 Å². The summed E-state index contributed by atoms with van der Waals surface area (Å²) in [6.07, 6.45) is 5.28. The molecule has 0 radical (unpaired) electrons. The lowest BCUT2D eigenvalue weighted by atomic mass is 9.98. The molecule has 1 fully saturated rings. The van der Waals surface area contributed by atoms with Gasteiger partial charge in [0.25, 0.3) is 0 Å². The van der Waals surface area contributed by atoms with Gasteiger partial charge in [-0.3, -0.25) is 4.90 Å². The van der Waals surface area contributed by atoms with E-state index < -0.39 is 0 Å². The first-order valence-corrected chi connectivity index (χ1v) is 7.70. The summed E-state index contributed by atoms with van der Waals surface area (Å²) in [4.78, 5) is 2.62. The van der Waals surface area contributed by atoms with Crippen LogP contribution in [0.2, 0.25) is 0 Å². The van der Waals surface area contributed by atoms with E-state index in [2.05, 4.69) is 37.1 Å². The van der Waals surface area contributed by atoms with Crippen LogP contribution < -0.4 is 5.32 Å². The highest BCUT2D eigenvalue weighted by molar-refractivity contribution is 5.00. The van der Waals surface area contributed by atoms with Gasteiger partial charge in [-0.25, -0.2) is 0 Å². The van der Waals surface area contributed by atoms with E-state index >= 15 is 0 Å². The Morgan fingerprint density at radius 1 is 1.47 bits per heavy atom. The summed E-state index contributed by atoms with van der Waals surface area (Å²) in [6.45, 7) is 10.5. The molecular formula is C16H28N2O. The van der Waals surface area contributed by atoms with Crippen molar-refractivity contribution in [3.8, 4) is 0 Å². The molecule has 3 atom stereocenters. The molecule has 2 rings (SSSR count). The van der Waals surface area contributed by atoms with Gasteiger partial charge in [-0.05, 0) is 44.5 Å². The molecule has 0 bridgehead atoms. The molecule has 0 spiro atoms. The van der Waals surface area contributed by atoms with Gasteiger partial charge >= 0.3 is 0 Å². The molecule has 1 N–H and O–H groups in total. The molecule has 0 aliphatic carbocycles. The van der Waals surface area contributed by atoms with Crippen molar-refractivity contribution in [2.24, 2.45) is 5.92 Å². The van der Waals surface area contributed by atoms with Crippen LogP contribution in [-0.2, 0) is 6.42 Å². The van der Waals surface area contributed by atoms with Gasteiger partial charge in [-0.1, -0.05) is 20.3 Å². The molecular weight excluding hydrogens is 236 g/mol. The normalized spacial score (nSPS) is 24.9. The van der Waals surface area contributed by atoms with E-state index in [1.165, 1.54) is 19.4 Å². The van der Waals surface area contributed by atoms with E-state index in [0.717, 1.165) is 31.2 Å². The first-order valence-electron chi connectivity index (χ1n) is 7.70. The Balaban J connectivity index is 1.93. The topological polar surface area (TPSA) is 28.4 Å². The second kappa shape index (κ2) is 7.11. The third-order valence-corrected chi connectivity index (χ3v) is 4.49. The van der Waals surface area contributed by atoms with Crippen molar-refractivity contribution < 1.29 is 4.42 Å². The first-order chi connectivity index (χ1) is 9.20. The summed E-state index contributed by atoms with van der Waals surface area (Å²) < 4.78 is 5.48. The number of furan rings is 1. The average Bonchev–Trinajstić information content (AvgIpc) is 2.79. The van der Waals surface area contributed by atoms with E-state index in [-0.39, 0.29) is 0 Å². The molecule has 1 aliphatic rings. The van der Waals surface area contributed by atoms with Crippen molar-refractivity contribution >= 4 is 0 Å². The van der Waals surface area contributed by atoms with E-state index in [4.69, 9.17) is 4.42 Å². The molecule has 1 aromatic rings. The molecule has 1 aliphatic heterocycles.